The van der Waals surface area contributed by atoms with Crippen molar-refractivity contribution in [2.45, 2.75) is 32.7 Å². The number of aliphatic hydroxyl groups is 1. The number of hydrogen-bond donors (Lipinski definition) is 2. The van der Waals surface area contributed by atoms with Crippen LogP contribution in [0.5, 0.6) is 0 Å². The van der Waals surface area contributed by atoms with Gasteiger partial charge in [-0.1, -0.05) is 0 Å². The highest BCUT2D eigenvalue weighted by Crippen LogP contribution is 2.27. The van der Waals surface area contributed by atoms with Gasteiger partial charge in [-0.05, 0) is 50.5 Å². The number of nitrogens with one attached hydrogen (secondary N) is 1. The zero-order chi connectivity index (χ0) is 14.7. The molecule has 2 rings (SSSR count). The van der Waals surface area contributed by atoms with Gasteiger partial charge in [0.2, 0.25) is 0 Å². The van der Waals surface area contributed by atoms with Crippen LogP contribution in [0.3, 0.4) is 0 Å². The molecular formula is C15H20N2O3. The first-order valence-electron chi connectivity index (χ1n) is 6.83. The van der Waals surface area contributed by atoms with Gasteiger partial charge in [-0.2, -0.15) is 0 Å². The lowest BCUT2D eigenvalue weighted by atomic mass is 10.1. The molecule has 5 nitrogen and oxygen atoms in total. The molecule has 0 saturated heterocycles. The van der Waals surface area contributed by atoms with Gasteiger partial charge in [-0.15, -0.1) is 0 Å². The van der Waals surface area contributed by atoms with E-state index in [0.29, 0.717) is 17.8 Å². The molecular weight excluding hydrogens is 256 g/mol. The minimum absolute atomic E-state index is 0.0141. The lowest BCUT2D eigenvalue weighted by Crippen LogP contribution is -2.38. The first-order valence-corrected chi connectivity index (χ1v) is 6.83. The Morgan fingerprint density at radius 3 is 2.60 bits per heavy atom. The van der Waals surface area contributed by atoms with Crippen molar-refractivity contribution in [3.63, 3.8) is 0 Å². The average Bonchev–Trinajstić information content (AvgIpc) is 3.19. The number of aryl methyl sites for hydroxylation is 1. The number of benzene rings is 1. The van der Waals surface area contributed by atoms with Crippen LogP contribution in [0.2, 0.25) is 0 Å². The summed E-state index contributed by atoms with van der Waals surface area (Å²) < 4.78 is 0. The number of carbonyl (C=O) groups excluding carboxylic acids is 2. The van der Waals surface area contributed by atoms with Gasteiger partial charge in [0.05, 0.1) is 6.61 Å². The Morgan fingerprint density at radius 2 is 2.10 bits per heavy atom. The molecule has 2 amide bonds. The van der Waals surface area contributed by atoms with Crippen molar-refractivity contribution in [2.24, 2.45) is 0 Å². The largest absolute Gasteiger partial charge is 0.395 e. The summed E-state index contributed by atoms with van der Waals surface area (Å²) in [6.07, 6.45) is 1.99. The van der Waals surface area contributed by atoms with Gasteiger partial charge in [0.15, 0.2) is 5.78 Å². The number of ketones is 1. The summed E-state index contributed by atoms with van der Waals surface area (Å²) in [5, 5.41) is 11.8. The van der Waals surface area contributed by atoms with Crippen LogP contribution in [-0.2, 0) is 0 Å². The monoisotopic (exact) mass is 276 g/mol. The van der Waals surface area contributed by atoms with Gasteiger partial charge in [0.25, 0.3) is 0 Å². The van der Waals surface area contributed by atoms with E-state index in [-0.39, 0.29) is 24.5 Å². The topological polar surface area (TPSA) is 69.6 Å². The smallest absolute Gasteiger partial charge is 0.322 e. The molecule has 108 valence electrons. The summed E-state index contributed by atoms with van der Waals surface area (Å²) in [6, 6.07) is 5.29. The molecule has 20 heavy (non-hydrogen) atoms. The SMILES string of the molecule is CC(=O)c1ccc(NC(=O)N(CCO)C2CC2)cc1C. The minimum atomic E-state index is -0.198. The highest BCUT2D eigenvalue weighted by atomic mass is 16.3. The van der Waals surface area contributed by atoms with Crippen LogP contribution < -0.4 is 5.32 Å². The van der Waals surface area contributed by atoms with E-state index in [4.69, 9.17) is 5.11 Å². The lowest BCUT2D eigenvalue weighted by molar-refractivity contribution is 0.101. The second kappa shape index (κ2) is 6.05. The molecule has 1 aliphatic rings. The molecule has 0 spiro atoms. The Morgan fingerprint density at radius 1 is 1.40 bits per heavy atom. The van der Waals surface area contributed by atoms with Crippen LogP contribution in [0.15, 0.2) is 18.2 Å². The van der Waals surface area contributed by atoms with Crippen LogP contribution >= 0.6 is 0 Å². The van der Waals surface area contributed by atoms with Gasteiger partial charge >= 0.3 is 6.03 Å². The third-order valence-electron chi connectivity index (χ3n) is 3.45. The van der Waals surface area contributed by atoms with Crippen LogP contribution in [0, 0.1) is 6.92 Å². The van der Waals surface area contributed by atoms with E-state index in [1.54, 1.807) is 23.1 Å². The van der Waals surface area contributed by atoms with Gasteiger partial charge in [0.1, 0.15) is 0 Å². The van der Waals surface area contributed by atoms with E-state index in [9.17, 15) is 9.59 Å². The second-order valence-corrected chi connectivity index (χ2v) is 5.16. The van der Waals surface area contributed by atoms with E-state index in [0.717, 1.165) is 18.4 Å². The Balaban J connectivity index is 2.07. The molecule has 0 heterocycles. The maximum Gasteiger partial charge on any atom is 0.322 e. The normalized spacial score (nSPS) is 13.9. The van der Waals surface area contributed by atoms with Crippen LogP contribution in [0.25, 0.3) is 0 Å². The second-order valence-electron chi connectivity index (χ2n) is 5.16. The average molecular weight is 276 g/mol. The lowest BCUT2D eigenvalue weighted by Gasteiger charge is -2.22. The van der Waals surface area contributed by atoms with Crippen molar-refractivity contribution >= 4 is 17.5 Å². The van der Waals surface area contributed by atoms with Crippen LogP contribution in [-0.4, -0.2) is 41.0 Å². The van der Waals surface area contributed by atoms with Crippen LogP contribution in [0.1, 0.15) is 35.7 Å². The minimum Gasteiger partial charge on any atom is -0.395 e. The molecule has 0 unspecified atom stereocenters. The Bertz CT molecular complexity index is 524. The summed E-state index contributed by atoms with van der Waals surface area (Å²) >= 11 is 0. The fourth-order valence-electron chi connectivity index (χ4n) is 2.28. The molecule has 0 bridgehead atoms. The maximum absolute atomic E-state index is 12.2. The third kappa shape index (κ3) is 3.36. The summed E-state index contributed by atoms with van der Waals surface area (Å²) in [4.78, 5) is 25.2. The molecule has 2 N–H and O–H groups in total. The standard InChI is InChI=1S/C15H20N2O3/c1-10-9-12(3-6-14(10)11(2)19)16-15(20)17(7-8-18)13-4-5-13/h3,6,9,13,18H,4-5,7-8H2,1-2H3,(H,16,20). The molecule has 0 atom stereocenters. The number of rotatable bonds is 5. The number of anilines is 1. The number of hydrogen-bond acceptors (Lipinski definition) is 3. The zero-order valence-electron chi connectivity index (χ0n) is 11.8. The number of Topliss-reactive ketones (excluding diaryl/α,β-unsaturated/α-hetero) is 1. The number of urea groups is 1. The summed E-state index contributed by atoms with van der Waals surface area (Å²) in [7, 11) is 0. The van der Waals surface area contributed by atoms with Crippen LogP contribution in [0.4, 0.5) is 10.5 Å². The molecule has 1 saturated carbocycles. The molecule has 5 heteroatoms. The predicted molar refractivity (Wildman–Crippen MR) is 77.0 cm³/mol. The van der Waals surface area contributed by atoms with E-state index in [1.807, 2.05) is 6.92 Å². The van der Waals surface area contributed by atoms with Gasteiger partial charge in [-0.25, -0.2) is 4.79 Å². The quantitative estimate of drug-likeness (QED) is 0.810. The number of amides is 2. The van der Waals surface area contributed by atoms with E-state index in [1.165, 1.54) is 6.92 Å². The Kier molecular flexibility index (Phi) is 4.39. The first kappa shape index (κ1) is 14.5. The molecule has 1 aromatic rings. The summed E-state index contributed by atoms with van der Waals surface area (Å²) in [5.41, 5.74) is 2.17. The molecule has 0 aliphatic heterocycles. The maximum atomic E-state index is 12.2. The molecule has 0 radical (unpaired) electrons. The molecule has 1 fully saturated rings. The van der Waals surface area contributed by atoms with Gasteiger partial charge in [-0.3, -0.25) is 4.79 Å². The van der Waals surface area contributed by atoms with Gasteiger partial charge in [0, 0.05) is 23.8 Å². The molecule has 1 aromatic carbocycles. The van der Waals surface area contributed by atoms with Crippen molar-refractivity contribution in [1.29, 1.82) is 0 Å². The Labute approximate surface area is 118 Å². The first-order chi connectivity index (χ1) is 9.52. The highest BCUT2D eigenvalue weighted by molar-refractivity contribution is 5.97. The molecule has 1 aliphatic carbocycles. The fourth-order valence-corrected chi connectivity index (χ4v) is 2.28. The van der Waals surface area contributed by atoms with Crippen molar-refractivity contribution < 1.29 is 14.7 Å². The summed E-state index contributed by atoms with van der Waals surface area (Å²) in [6.45, 7) is 3.68. The van der Waals surface area contributed by atoms with Crippen molar-refractivity contribution in [2.75, 3.05) is 18.5 Å². The van der Waals surface area contributed by atoms with E-state index < -0.39 is 0 Å². The van der Waals surface area contributed by atoms with Crippen molar-refractivity contribution in [3.8, 4) is 0 Å². The van der Waals surface area contributed by atoms with E-state index >= 15 is 0 Å². The zero-order valence-corrected chi connectivity index (χ0v) is 11.8. The fraction of sp³-hybridized carbons (Fsp3) is 0.467. The van der Waals surface area contributed by atoms with Crippen molar-refractivity contribution in [1.82, 2.24) is 4.90 Å². The van der Waals surface area contributed by atoms with Gasteiger partial charge < -0.3 is 15.3 Å². The predicted octanol–water partition coefficient (Wildman–Crippen LogP) is 2.19. The number of aliphatic hydroxyl groups excluding tert-OH is 1. The highest BCUT2D eigenvalue weighted by Gasteiger charge is 2.32. The summed E-state index contributed by atoms with van der Waals surface area (Å²) in [5.74, 6) is 0.0141. The Hall–Kier alpha value is -1.88. The number of nitrogens with zero attached hydrogens (tertiary/aromatic N) is 1. The number of carbonyl (C=O) groups is 2. The molecule has 0 aromatic heterocycles. The van der Waals surface area contributed by atoms with E-state index in [2.05, 4.69) is 5.32 Å². The third-order valence-corrected chi connectivity index (χ3v) is 3.45. The van der Waals surface area contributed by atoms with Crippen molar-refractivity contribution in [3.05, 3.63) is 29.3 Å².